The first-order chi connectivity index (χ1) is 18.9. The maximum atomic E-state index is 6.55. The first-order valence-electron chi connectivity index (χ1n) is 13.2. The minimum atomic E-state index is 0.575. The van der Waals surface area contributed by atoms with E-state index in [4.69, 9.17) is 4.74 Å². The molecule has 1 aliphatic heterocycles. The van der Waals surface area contributed by atoms with Crippen molar-refractivity contribution >= 4 is 49.2 Å². The number of hydrogen-bond acceptors (Lipinski definition) is 1. The third kappa shape index (κ3) is 3.06. The summed E-state index contributed by atoms with van der Waals surface area (Å²) in [6.07, 6.45) is 4.36. The first-order valence-corrected chi connectivity index (χ1v) is 13.2. The van der Waals surface area contributed by atoms with Crippen LogP contribution in [-0.4, -0.2) is 6.61 Å². The van der Waals surface area contributed by atoms with Gasteiger partial charge in [-0.25, -0.2) is 0 Å². The van der Waals surface area contributed by atoms with Crippen LogP contribution < -0.4 is 4.74 Å². The van der Waals surface area contributed by atoms with E-state index >= 15 is 0 Å². The topological polar surface area (TPSA) is 9.23 Å². The van der Waals surface area contributed by atoms with Crippen LogP contribution in [0.1, 0.15) is 5.56 Å². The van der Waals surface area contributed by atoms with Crippen molar-refractivity contribution in [2.45, 2.75) is 0 Å². The Kier molecular flexibility index (Phi) is 4.65. The van der Waals surface area contributed by atoms with Gasteiger partial charge in [0, 0.05) is 21.9 Å². The van der Waals surface area contributed by atoms with Crippen molar-refractivity contribution < 1.29 is 4.74 Å². The fourth-order valence-corrected chi connectivity index (χ4v) is 6.28. The minimum absolute atomic E-state index is 0.575. The highest BCUT2D eigenvalue weighted by Crippen LogP contribution is 2.52. The van der Waals surface area contributed by atoms with Crippen molar-refractivity contribution in [1.29, 1.82) is 0 Å². The lowest BCUT2D eigenvalue weighted by Crippen LogP contribution is -2.04. The molecule has 0 atom stereocenters. The number of hydrogen-bond donors (Lipinski definition) is 0. The Morgan fingerprint density at radius 3 is 1.63 bits per heavy atom. The van der Waals surface area contributed by atoms with E-state index in [1.807, 2.05) is 0 Å². The van der Waals surface area contributed by atoms with Crippen molar-refractivity contribution in [2.24, 2.45) is 0 Å². The normalized spacial score (nSPS) is 12.7. The van der Waals surface area contributed by atoms with Gasteiger partial charge >= 0.3 is 0 Å². The Labute approximate surface area is 221 Å². The van der Waals surface area contributed by atoms with Crippen LogP contribution in [0.5, 0.6) is 5.75 Å². The molecular formula is C37H24O. The molecule has 1 aliphatic rings. The van der Waals surface area contributed by atoms with Crippen molar-refractivity contribution in [3.8, 4) is 28.0 Å². The molecule has 8 rings (SSSR count). The van der Waals surface area contributed by atoms with Crippen LogP contribution in [0, 0.1) is 0 Å². The Balaban J connectivity index is 1.75. The van der Waals surface area contributed by atoms with Crippen LogP contribution >= 0.6 is 0 Å². The van der Waals surface area contributed by atoms with Crippen LogP contribution in [0.4, 0.5) is 0 Å². The molecule has 38 heavy (non-hydrogen) atoms. The Bertz CT molecular complexity index is 2050. The lowest BCUT2D eigenvalue weighted by Gasteiger charge is -2.25. The van der Waals surface area contributed by atoms with Gasteiger partial charge in [-0.15, -0.1) is 0 Å². The molecule has 0 aliphatic carbocycles. The monoisotopic (exact) mass is 484 g/mol. The second-order valence-corrected chi connectivity index (χ2v) is 9.98. The zero-order chi connectivity index (χ0) is 25.1. The molecule has 0 radical (unpaired) electrons. The molecule has 7 aromatic carbocycles. The summed E-state index contributed by atoms with van der Waals surface area (Å²) in [5.41, 5.74) is 6.08. The molecule has 0 saturated carbocycles. The van der Waals surface area contributed by atoms with Gasteiger partial charge in [0.2, 0.25) is 0 Å². The molecule has 0 fully saturated rings. The number of rotatable bonds is 2. The molecular weight excluding hydrogens is 460 g/mol. The second kappa shape index (κ2) is 8.33. The lowest BCUT2D eigenvalue weighted by molar-refractivity contribution is 0.363. The zero-order valence-corrected chi connectivity index (χ0v) is 20.8. The van der Waals surface area contributed by atoms with Gasteiger partial charge in [0.05, 0.1) is 0 Å². The summed E-state index contributed by atoms with van der Waals surface area (Å²) < 4.78 is 6.55. The van der Waals surface area contributed by atoms with E-state index in [0.717, 1.165) is 11.3 Å². The van der Waals surface area contributed by atoms with Gasteiger partial charge in [0.25, 0.3) is 0 Å². The van der Waals surface area contributed by atoms with Crippen molar-refractivity contribution in [3.63, 3.8) is 0 Å². The lowest BCUT2D eigenvalue weighted by atomic mass is 9.81. The van der Waals surface area contributed by atoms with Gasteiger partial charge in [0.1, 0.15) is 12.4 Å². The molecule has 0 spiro atoms. The summed E-state index contributed by atoms with van der Waals surface area (Å²) >= 11 is 0. The van der Waals surface area contributed by atoms with E-state index in [9.17, 15) is 0 Å². The molecule has 1 heteroatoms. The molecule has 178 valence electrons. The largest absolute Gasteiger partial charge is 0.488 e. The van der Waals surface area contributed by atoms with Crippen molar-refractivity contribution in [2.75, 3.05) is 6.61 Å². The summed E-state index contributed by atoms with van der Waals surface area (Å²) in [6, 6.07) is 43.9. The number of benzene rings is 7. The highest BCUT2D eigenvalue weighted by molar-refractivity contribution is 6.32. The standard InChI is InChI=1S/C37H24O/c1-3-12-24(13-4-1)33-31-22-26-16-7-8-17-27(26)23-32(31)34(25-14-5-2-6-15-25)36-35(33)29-19-10-9-18-28(29)30-20-11-21-38-37(30)36/h1-20,22-23H,21H2. The van der Waals surface area contributed by atoms with Gasteiger partial charge in [-0.05, 0) is 67.2 Å². The van der Waals surface area contributed by atoms with Crippen LogP contribution in [-0.2, 0) is 0 Å². The van der Waals surface area contributed by atoms with E-state index in [1.54, 1.807) is 0 Å². The smallest absolute Gasteiger partial charge is 0.136 e. The molecule has 0 unspecified atom stereocenters. The zero-order valence-electron chi connectivity index (χ0n) is 20.8. The van der Waals surface area contributed by atoms with E-state index in [-0.39, 0.29) is 0 Å². The van der Waals surface area contributed by atoms with Gasteiger partial charge < -0.3 is 4.74 Å². The Morgan fingerprint density at radius 2 is 1.00 bits per heavy atom. The number of fused-ring (bicyclic) bond motifs is 8. The Morgan fingerprint density at radius 1 is 0.474 bits per heavy atom. The average Bonchev–Trinajstić information content (AvgIpc) is 3.00. The van der Waals surface area contributed by atoms with E-state index in [1.165, 1.54) is 65.3 Å². The number of ether oxygens (including phenoxy) is 1. The maximum Gasteiger partial charge on any atom is 0.136 e. The fraction of sp³-hybridized carbons (Fsp3) is 0.0270. The molecule has 1 nitrogen and oxygen atoms in total. The van der Waals surface area contributed by atoms with Gasteiger partial charge in [-0.1, -0.05) is 115 Å². The molecule has 7 aromatic rings. The van der Waals surface area contributed by atoms with Crippen LogP contribution in [0.2, 0.25) is 0 Å². The van der Waals surface area contributed by atoms with Crippen molar-refractivity contribution in [1.82, 2.24) is 0 Å². The van der Waals surface area contributed by atoms with Gasteiger partial charge in [0.15, 0.2) is 0 Å². The van der Waals surface area contributed by atoms with E-state index < -0.39 is 0 Å². The summed E-state index contributed by atoms with van der Waals surface area (Å²) in [6.45, 7) is 0.575. The predicted molar refractivity (Wildman–Crippen MR) is 162 cm³/mol. The quantitative estimate of drug-likeness (QED) is 0.175. The third-order valence-electron chi connectivity index (χ3n) is 7.87. The fourth-order valence-electron chi connectivity index (χ4n) is 6.28. The highest BCUT2D eigenvalue weighted by Gasteiger charge is 2.25. The molecule has 0 N–H and O–H groups in total. The minimum Gasteiger partial charge on any atom is -0.488 e. The SMILES string of the molecule is C1=Cc2c(c3c(-c4ccccc4)c4cc5ccccc5cc4c(-c4ccccc4)c3c3ccccc23)OC1. The van der Waals surface area contributed by atoms with Crippen LogP contribution in [0.25, 0.3) is 71.4 Å². The summed E-state index contributed by atoms with van der Waals surface area (Å²) in [5, 5.41) is 9.92. The molecule has 0 saturated heterocycles. The van der Waals surface area contributed by atoms with Crippen LogP contribution in [0.15, 0.2) is 127 Å². The maximum absolute atomic E-state index is 6.55. The summed E-state index contributed by atoms with van der Waals surface area (Å²) in [4.78, 5) is 0. The first kappa shape index (κ1) is 21.2. The van der Waals surface area contributed by atoms with E-state index in [0.29, 0.717) is 6.61 Å². The summed E-state index contributed by atoms with van der Waals surface area (Å²) in [5.74, 6) is 0.979. The molecule has 0 amide bonds. The Hall–Kier alpha value is -4.88. The molecule has 0 bridgehead atoms. The van der Waals surface area contributed by atoms with Crippen molar-refractivity contribution in [3.05, 3.63) is 133 Å². The average molecular weight is 485 g/mol. The molecule has 0 aromatic heterocycles. The second-order valence-electron chi connectivity index (χ2n) is 9.98. The third-order valence-corrected chi connectivity index (χ3v) is 7.87. The molecule has 1 heterocycles. The van der Waals surface area contributed by atoms with Gasteiger partial charge in [-0.2, -0.15) is 0 Å². The van der Waals surface area contributed by atoms with E-state index in [2.05, 4.69) is 133 Å². The van der Waals surface area contributed by atoms with Crippen LogP contribution in [0.3, 0.4) is 0 Å². The summed E-state index contributed by atoms with van der Waals surface area (Å²) in [7, 11) is 0. The predicted octanol–water partition coefficient (Wildman–Crippen LogP) is 10.0. The van der Waals surface area contributed by atoms with Gasteiger partial charge in [-0.3, -0.25) is 0 Å². The highest BCUT2D eigenvalue weighted by atomic mass is 16.5.